The van der Waals surface area contributed by atoms with Gasteiger partial charge in [-0.2, -0.15) is 0 Å². The quantitative estimate of drug-likeness (QED) is 0.516. The summed E-state index contributed by atoms with van der Waals surface area (Å²) in [6.45, 7) is 6.10. The van der Waals surface area contributed by atoms with Crippen molar-refractivity contribution >= 4 is 23.8 Å². The van der Waals surface area contributed by atoms with Crippen LogP contribution in [0.15, 0.2) is 18.2 Å². The van der Waals surface area contributed by atoms with Crippen molar-refractivity contribution in [3.05, 3.63) is 29.3 Å². The van der Waals surface area contributed by atoms with Gasteiger partial charge in [0.05, 0.1) is 12.1 Å². The van der Waals surface area contributed by atoms with Crippen LogP contribution in [0.2, 0.25) is 0 Å². The number of carbonyl (C=O) groups excluding carboxylic acids is 4. The third-order valence-corrected chi connectivity index (χ3v) is 3.43. The van der Waals surface area contributed by atoms with Crippen LogP contribution < -0.4 is 10.1 Å². The van der Waals surface area contributed by atoms with E-state index < -0.39 is 29.9 Å². The van der Waals surface area contributed by atoms with Gasteiger partial charge >= 0.3 is 17.9 Å². The van der Waals surface area contributed by atoms with Crippen molar-refractivity contribution in [3.8, 4) is 5.75 Å². The molecule has 0 spiro atoms. The summed E-state index contributed by atoms with van der Waals surface area (Å²) in [5.41, 5.74) is 0.992. The van der Waals surface area contributed by atoms with Crippen LogP contribution in [0.5, 0.6) is 5.75 Å². The van der Waals surface area contributed by atoms with E-state index in [0.717, 1.165) is 5.56 Å². The molecule has 0 heterocycles. The minimum Gasteiger partial charge on any atom is -0.462 e. The lowest BCUT2D eigenvalue weighted by atomic mass is 10.1. The number of esters is 3. The summed E-state index contributed by atoms with van der Waals surface area (Å²) in [5, 5.41) is 2.60. The lowest BCUT2D eigenvalue weighted by Gasteiger charge is -2.18. The van der Waals surface area contributed by atoms with Gasteiger partial charge in [0, 0.05) is 19.8 Å². The molecule has 1 aromatic carbocycles. The molecule has 1 N–H and O–H groups in total. The highest BCUT2D eigenvalue weighted by Gasteiger charge is 2.19. The first-order valence-electron chi connectivity index (χ1n) is 8.69. The van der Waals surface area contributed by atoms with Crippen LogP contribution in [0.3, 0.4) is 0 Å². The standard InChI is InChI=1S/C19H25NO7/c1-5-17(22)25-11-14(27-18(23)6-2)10-20-19(24)15-8-7-12(3)9-16(15)26-13(4)21/h7-9,14H,5-6,10-11H2,1-4H3,(H,20,24). The summed E-state index contributed by atoms with van der Waals surface area (Å²) in [6, 6.07) is 4.82. The molecule has 0 bridgehead atoms. The van der Waals surface area contributed by atoms with Crippen LogP contribution in [0.4, 0.5) is 0 Å². The summed E-state index contributed by atoms with van der Waals surface area (Å²) in [6.07, 6.45) is -0.476. The minimum absolute atomic E-state index is 0.0606. The number of aryl methyl sites for hydroxylation is 1. The molecular weight excluding hydrogens is 354 g/mol. The summed E-state index contributed by atoms with van der Waals surface area (Å²) in [5.74, 6) is -1.83. The van der Waals surface area contributed by atoms with E-state index in [9.17, 15) is 19.2 Å². The topological polar surface area (TPSA) is 108 Å². The Kier molecular flexibility index (Phi) is 8.98. The second-order valence-corrected chi connectivity index (χ2v) is 5.81. The molecule has 1 atom stereocenters. The third-order valence-electron chi connectivity index (χ3n) is 3.43. The second kappa shape index (κ2) is 10.9. The van der Waals surface area contributed by atoms with Gasteiger partial charge in [0.1, 0.15) is 12.4 Å². The maximum Gasteiger partial charge on any atom is 0.308 e. The van der Waals surface area contributed by atoms with Crippen LogP contribution in [-0.4, -0.2) is 43.1 Å². The van der Waals surface area contributed by atoms with Gasteiger partial charge in [-0.15, -0.1) is 0 Å². The Balaban J connectivity index is 2.81. The largest absolute Gasteiger partial charge is 0.462 e. The van der Waals surface area contributed by atoms with E-state index in [-0.39, 0.29) is 37.3 Å². The Labute approximate surface area is 158 Å². The zero-order valence-electron chi connectivity index (χ0n) is 16.0. The van der Waals surface area contributed by atoms with Crippen molar-refractivity contribution in [1.82, 2.24) is 5.32 Å². The first-order valence-corrected chi connectivity index (χ1v) is 8.69. The van der Waals surface area contributed by atoms with Gasteiger partial charge in [-0.3, -0.25) is 19.2 Å². The number of hydrogen-bond donors (Lipinski definition) is 1. The molecule has 1 aromatic rings. The van der Waals surface area contributed by atoms with Crippen molar-refractivity contribution < 1.29 is 33.4 Å². The zero-order valence-corrected chi connectivity index (χ0v) is 16.0. The molecule has 0 aromatic heterocycles. The number of ether oxygens (including phenoxy) is 3. The van der Waals surface area contributed by atoms with Crippen molar-refractivity contribution in [2.45, 2.75) is 46.6 Å². The van der Waals surface area contributed by atoms with E-state index in [1.807, 2.05) is 0 Å². The van der Waals surface area contributed by atoms with E-state index in [2.05, 4.69) is 5.32 Å². The highest BCUT2D eigenvalue weighted by atomic mass is 16.6. The predicted octanol–water partition coefficient (Wildman–Crippen LogP) is 1.93. The maximum absolute atomic E-state index is 12.5. The van der Waals surface area contributed by atoms with Gasteiger partial charge in [-0.1, -0.05) is 19.9 Å². The van der Waals surface area contributed by atoms with Crippen LogP contribution in [0.25, 0.3) is 0 Å². The van der Waals surface area contributed by atoms with Crippen LogP contribution >= 0.6 is 0 Å². The number of carbonyl (C=O) groups is 4. The van der Waals surface area contributed by atoms with Gasteiger partial charge in [0.25, 0.3) is 5.91 Å². The molecule has 148 valence electrons. The molecule has 27 heavy (non-hydrogen) atoms. The van der Waals surface area contributed by atoms with Crippen molar-refractivity contribution in [2.75, 3.05) is 13.2 Å². The Morgan fingerprint density at radius 2 is 1.74 bits per heavy atom. The molecule has 0 saturated heterocycles. The number of amides is 1. The molecule has 8 heteroatoms. The Morgan fingerprint density at radius 3 is 2.33 bits per heavy atom. The fraction of sp³-hybridized carbons (Fsp3) is 0.474. The van der Waals surface area contributed by atoms with Gasteiger partial charge in [0.15, 0.2) is 6.10 Å². The first kappa shape index (κ1) is 22.1. The summed E-state index contributed by atoms with van der Waals surface area (Å²) in [7, 11) is 0. The molecule has 0 aliphatic rings. The SMILES string of the molecule is CCC(=O)OCC(CNC(=O)c1ccc(C)cc1OC(C)=O)OC(=O)CC. The van der Waals surface area contributed by atoms with E-state index in [0.29, 0.717) is 0 Å². The Morgan fingerprint density at radius 1 is 1.07 bits per heavy atom. The van der Waals surface area contributed by atoms with Crippen LogP contribution in [-0.2, 0) is 23.9 Å². The van der Waals surface area contributed by atoms with E-state index in [4.69, 9.17) is 14.2 Å². The molecule has 1 unspecified atom stereocenters. The molecule has 1 amide bonds. The summed E-state index contributed by atoms with van der Waals surface area (Å²) in [4.78, 5) is 46.5. The highest BCUT2D eigenvalue weighted by molar-refractivity contribution is 5.97. The zero-order chi connectivity index (χ0) is 20.4. The summed E-state index contributed by atoms with van der Waals surface area (Å²) < 4.78 is 15.2. The molecule has 0 aliphatic carbocycles. The number of rotatable bonds is 9. The molecule has 8 nitrogen and oxygen atoms in total. The van der Waals surface area contributed by atoms with Gasteiger partial charge < -0.3 is 19.5 Å². The molecule has 0 saturated carbocycles. The van der Waals surface area contributed by atoms with Gasteiger partial charge in [-0.05, 0) is 24.6 Å². The fourth-order valence-electron chi connectivity index (χ4n) is 2.05. The van der Waals surface area contributed by atoms with Crippen LogP contribution in [0, 0.1) is 6.92 Å². The normalized spacial score (nSPS) is 11.3. The molecule has 0 fully saturated rings. The number of hydrogen-bond acceptors (Lipinski definition) is 7. The molecule has 0 aliphatic heterocycles. The van der Waals surface area contributed by atoms with E-state index >= 15 is 0 Å². The van der Waals surface area contributed by atoms with Crippen molar-refractivity contribution in [2.24, 2.45) is 0 Å². The first-order chi connectivity index (χ1) is 12.8. The average molecular weight is 379 g/mol. The fourth-order valence-corrected chi connectivity index (χ4v) is 2.05. The van der Waals surface area contributed by atoms with Gasteiger partial charge in [0.2, 0.25) is 0 Å². The Hall–Kier alpha value is -2.90. The highest BCUT2D eigenvalue weighted by Crippen LogP contribution is 2.20. The predicted molar refractivity (Wildman–Crippen MR) is 96.2 cm³/mol. The maximum atomic E-state index is 12.5. The second-order valence-electron chi connectivity index (χ2n) is 5.81. The lowest BCUT2D eigenvalue weighted by molar-refractivity contribution is -0.158. The average Bonchev–Trinajstić information content (AvgIpc) is 2.62. The molecule has 0 radical (unpaired) electrons. The molecule has 1 rings (SSSR count). The number of nitrogens with one attached hydrogen (secondary N) is 1. The smallest absolute Gasteiger partial charge is 0.308 e. The van der Waals surface area contributed by atoms with Gasteiger partial charge in [-0.25, -0.2) is 0 Å². The number of benzene rings is 1. The van der Waals surface area contributed by atoms with Crippen molar-refractivity contribution in [3.63, 3.8) is 0 Å². The van der Waals surface area contributed by atoms with E-state index in [1.54, 1.807) is 32.9 Å². The van der Waals surface area contributed by atoms with Crippen molar-refractivity contribution in [1.29, 1.82) is 0 Å². The monoisotopic (exact) mass is 379 g/mol. The lowest BCUT2D eigenvalue weighted by Crippen LogP contribution is -2.38. The minimum atomic E-state index is -0.820. The molecular formula is C19H25NO7. The van der Waals surface area contributed by atoms with E-state index in [1.165, 1.54) is 13.0 Å². The Bertz CT molecular complexity index is 699. The van der Waals surface area contributed by atoms with Crippen LogP contribution in [0.1, 0.15) is 49.5 Å². The summed E-state index contributed by atoms with van der Waals surface area (Å²) >= 11 is 0. The third kappa shape index (κ3) is 7.89.